The molecular formula is C17H15ClN2O3. The zero-order chi connectivity index (χ0) is 16.4. The normalized spacial score (nSPS) is 12.2. The van der Waals surface area contributed by atoms with Gasteiger partial charge in [-0.1, -0.05) is 29.8 Å². The van der Waals surface area contributed by atoms with Gasteiger partial charge in [0.05, 0.1) is 18.7 Å². The third-order valence-electron chi connectivity index (χ3n) is 3.49. The molecule has 0 radical (unpaired) electrons. The van der Waals surface area contributed by atoms with Crippen LogP contribution in [0, 0.1) is 0 Å². The minimum atomic E-state index is -0.267. The van der Waals surface area contributed by atoms with Gasteiger partial charge >= 0.3 is 0 Å². The predicted octanol–water partition coefficient (Wildman–Crippen LogP) is 1.53. The number of ether oxygens (including phenoxy) is 1. The van der Waals surface area contributed by atoms with E-state index in [9.17, 15) is 4.79 Å². The molecule has 0 saturated carbocycles. The standard InChI is InChI=1S/C17H15ClN2O3/c1-11-20(7-8-22-2)17(21)15(23-11)10-13-9-12-5-3-4-6-14(12)19-16(13)18/h3-6,9-10H,1,7-8H2,2H3/b15-10+. The van der Waals surface area contributed by atoms with Crippen molar-refractivity contribution >= 4 is 35.2 Å². The number of halogens is 1. The third kappa shape index (κ3) is 3.06. The first-order valence-corrected chi connectivity index (χ1v) is 7.42. The van der Waals surface area contributed by atoms with E-state index in [-0.39, 0.29) is 16.5 Å². The van der Waals surface area contributed by atoms with Crippen molar-refractivity contribution < 1.29 is 9.15 Å². The molecule has 6 heteroatoms. The van der Waals surface area contributed by atoms with Crippen molar-refractivity contribution in [1.82, 2.24) is 9.55 Å². The Labute approximate surface area is 137 Å². The number of aromatic nitrogens is 2. The predicted molar refractivity (Wildman–Crippen MR) is 89.9 cm³/mol. The maximum atomic E-state index is 12.4. The second-order valence-electron chi connectivity index (χ2n) is 5.02. The zero-order valence-corrected chi connectivity index (χ0v) is 13.3. The highest BCUT2D eigenvalue weighted by molar-refractivity contribution is 6.31. The number of pyridine rings is 1. The average Bonchev–Trinajstić information content (AvgIpc) is 2.80. The van der Waals surface area contributed by atoms with Crippen LogP contribution in [-0.4, -0.2) is 23.3 Å². The van der Waals surface area contributed by atoms with Gasteiger partial charge < -0.3 is 9.15 Å². The fraction of sp³-hybridized carbons (Fsp3) is 0.176. The number of methoxy groups -OCH3 is 1. The van der Waals surface area contributed by atoms with Crippen molar-refractivity contribution in [3.63, 3.8) is 0 Å². The van der Waals surface area contributed by atoms with Crippen molar-refractivity contribution in [2.45, 2.75) is 6.54 Å². The molecule has 0 spiro atoms. The second kappa shape index (κ2) is 6.40. The molecule has 1 aromatic carbocycles. The molecule has 0 saturated heterocycles. The summed E-state index contributed by atoms with van der Waals surface area (Å²) in [5.41, 5.74) is 1.60. The Bertz CT molecular complexity index is 1020. The first-order chi connectivity index (χ1) is 11.1. The molecule has 5 nitrogen and oxygen atoms in total. The molecule has 0 amide bonds. The third-order valence-corrected chi connectivity index (χ3v) is 3.80. The molecule has 2 aromatic heterocycles. The van der Waals surface area contributed by atoms with Gasteiger partial charge in [-0.15, -0.1) is 0 Å². The molecule has 0 unspecified atom stereocenters. The minimum Gasteiger partial charge on any atom is -0.436 e. The van der Waals surface area contributed by atoms with Crippen molar-refractivity contribution in [2.24, 2.45) is 0 Å². The number of rotatable bonds is 4. The van der Waals surface area contributed by atoms with Gasteiger partial charge in [0.25, 0.3) is 5.56 Å². The number of hydrogen-bond donors (Lipinski definition) is 0. The van der Waals surface area contributed by atoms with Crippen LogP contribution in [0.4, 0.5) is 0 Å². The van der Waals surface area contributed by atoms with Gasteiger partial charge in [-0.2, -0.15) is 0 Å². The molecule has 3 aromatic rings. The van der Waals surface area contributed by atoms with Crippen LogP contribution < -0.4 is 16.5 Å². The quantitative estimate of drug-likeness (QED) is 0.681. The molecule has 2 heterocycles. The maximum Gasteiger partial charge on any atom is 0.296 e. The van der Waals surface area contributed by atoms with Gasteiger partial charge in [0.1, 0.15) is 5.15 Å². The number of benzene rings is 1. The molecule has 0 fully saturated rings. The molecule has 23 heavy (non-hydrogen) atoms. The molecule has 3 rings (SSSR count). The van der Waals surface area contributed by atoms with E-state index < -0.39 is 0 Å². The van der Waals surface area contributed by atoms with E-state index in [4.69, 9.17) is 20.8 Å². The Morgan fingerprint density at radius 2 is 2.22 bits per heavy atom. The molecule has 0 aliphatic rings. The van der Waals surface area contributed by atoms with Gasteiger partial charge in [-0.3, -0.25) is 9.36 Å². The van der Waals surface area contributed by atoms with Crippen LogP contribution in [0.3, 0.4) is 0 Å². The van der Waals surface area contributed by atoms with E-state index in [2.05, 4.69) is 11.6 Å². The monoisotopic (exact) mass is 330 g/mol. The average molecular weight is 331 g/mol. The summed E-state index contributed by atoms with van der Waals surface area (Å²) in [6.45, 7) is 4.53. The second-order valence-corrected chi connectivity index (χ2v) is 5.37. The molecule has 0 aliphatic carbocycles. The smallest absolute Gasteiger partial charge is 0.296 e. The summed E-state index contributed by atoms with van der Waals surface area (Å²) < 4.78 is 11.9. The lowest BCUT2D eigenvalue weighted by Crippen LogP contribution is -2.32. The topological polar surface area (TPSA) is 57.3 Å². The summed E-state index contributed by atoms with van der Waals surface area (Å²) in [4.78, 5) is 16.7. The lowest BCUT2D eigenvalue weighted by molar-refractivity contribution is 0.184. The summed E-state index contributed by atoms with van der Waals surface area (Å²) in [5.74, 6) is 0. The molecule has 0 N–H and O–H groups in total. The van der Waals surface area contributed by atoms with E-state index in [0.29, 0.717) is 23.9 Å². The maximum absolute atomic E-state index is 12.4. The van der Waals surface area contributed by atoms with Crippen LogP contribution in [0.2, 0.25) is 5.15 Å². The first-order valence-electron chi connectivity index (χ1n) is 7.04. The summed E-state index contributed by atoms with van der Waals surface area (Å²) >= 11 is 6.21. The Hall–Kier alpha value is -2.37. The van der Waals surface area contributed by atoms with Crippen LogP contribution in [0.15, 0.2) is 39.5 Å². The van der Waals surface area contributed by atoms with Gasteiger partial charge in [0.2, 0.25) is 0 Å². The highest BCUT2D eigenvalue weighted by atomic mass is 35.5. The van der Waals surface area contributed by atoms with Gasteiger partial charge in [-0.25, -0.2) is 4.98 Å². The Morgan fingerprint density at radius 3 is 3.00 bits per heavy atom. The molecule has 0 bridgehead atoms. The number of hydrogen-bond acceptors (Lipinski definition) is 4. The number of oxazole rings is 1. The van der Waals surface area contributed by atoms with E-state index in [0.717, 1.165) is 10.9 Å². The Morgan fingerprint density at radius 1 is 1.43 bits per heavy atom. The minimum absolute atomic E-state index is 0.171. The van der Waals surface area contributed by atoms with E-state index >= 15 is 0 Å². The first kappa shape index (κ1) is 15.5. The number of fused-ring (bicyclic) bond motifs is 1. The molecule has 118 valence electrons. The lowest BCUT2D eigenvalue weighted by atomic mass is 10.1. The van der Waals surface area contributed by atoms with Crippen LogP contribution >= 0.6 is 11.6 Å². The van der Waals surface area contributed by atoms with Gasteiger partial charge in [0.15, 0.2) is 11.0 Å². The van der Waals surface area contributed by atoms with Crippen LogP contribution in [0.5, 0.6) is 0 Å². The van der Waals surface area contributed by atoms with Crippen molar-refractivity contribution in [3.05, 3.63) is 62.4 Å². The SMILES string of the molecule is C=c1o/c(=C/c2cc3ccccc3nc2Cl)c(=O)n1CCOC. The Kier molecular flexibility index (Phi) is 4.32. The lowest BCUT2D eigenvalue weighted by Gasteiger charge is -2.00. The Balaban J connectivity index is 2.14. The largest absolute Gasteiger partial charge is 0.436 e. The summed E-state index contributed by atoms with van der Waals surface area (Å²) in [7, 11) is 1.57. The van der Waals surface area contributed by atoms with Crippen LogP contribution in [0.1, 0.15) is 5.56 Å². The van der Waals surface area contributed by atoms with Gasteiger partial charge in [-0.05, 0) is 24.8 Å². The van der Waals surface area contributed by atoms with Gasteiger partial charge in [0, 0.05) is 18.1 Å². The number of nitrogens with zero attached hydrogens (tertiary/aromatic N) is 2. The van der Waals surface area contributed by atoms with E-state index in [1.807, 2.05) is 30.3 Å². The number of para-hydroxylation sites is 1. The highest BCUT2D eigenvalue weighted by Gasteiger charge is 2.07. The van der Waals surface area contributed by atoms with Crippen LogP contribution in [-0.2, 0) is 11.3 Å². The zero-order valence-electron chi connectivity index (χ0n) is 12.6. The molecule has 0 atom stereocenters. The van der Waals surface area contributed by atoms with Crippen LogP contribution in [0.25, 0.3) is 23.6 Å². The molecule has 0 aliphatic heterocycles. The van der Waals surface area contributed by atoms with E-state index in [1.54, 1.807) is 13.2 Å². The van der Waals surface area contributed by atoms with Crippen molar-refractivity contribution in [1.29, 1.82) is 0 Å². The summed E-state index contributed by atoms with van der Waals surface area (Å²) in [5, 5.41) is 1.25. The van der Waals surface area contributed by atoms with E-state index in [1.165, 1.54) is 4.57 Å². The summed E-state index contributed by atoms with van der Waals surface area (Å²) in [6.07, 6.45) is 1.59. The molecular weight excluding hydrogens is 316 g/mol. The summed E-state index contributed by atoms with van der Waals surface area (Å²) in [6, 6.07) is 9.49. The van der Waals surface area contributed by atoms with Crippen molar-refractivity contribution in [3.8, 4) is 0 Å². The van der Waals surface area contributed by atoms with Crippen molar-refractivity contribution in [2.75, 3.05) is 13.7 Å². The fourth-order valence-electron chi connectivity index (χ4n) is 2.32. The highest BCUT2D eigenvalue weighted by Crippen LogP contribution is 2.20. The fourth-order valence-corrected chi connectivity index (χ4v) is 2.52.